The number of primary amides is 1. The molecule has 0 spiro atoms. The van der Waals surface area contributed by atoms with E-state index in [1.54, 1.807) is 25.1 Å². The standard InChI is InChI=1S/C24H25NO6/c1-15-12-19(26)23(28)24(31-15)18(14-22(25)27)17-8-9-20(21(13-17)29-2)30-11-10-16-6-4-3-5-7-16/h3-9,12-13,18,28H,10-11,14H2,1-2H3,(H2,25,27). The van der Waals surface area contributed by atoms with Crippen molar-refractivity contribution in [3.8, 4) is 17.2 Å². The first kappa shape index (κ1) is 22.0. The van der Waals surface area contributed by atoms with Crippen molar-refractivity contribution in [3.63, 3.8) is 0 Å². The molecule has 7 heteroatoms. The van der Waals surface area contributed by atoms with E-state index in [0.717, 1.165) is 12.0 Å². The van der Waals surface area contributed by atoms with Crippen LogP contribution in [0, 0.1) is 6.92 Å². The minimum absolute atomic E-state index is 0.0106. The Morgan fingerprint density at radius 1 is 1.13 bits per heavy atom. The van der Waals surface area contributed by atoms with Gasteiger partial charge in [-0.2, -0.15) is 0 Å². The maximum absolute atomic E-state index is 12.0. The van der Waals surface area contributed by atoms with Crippen LogP contribution >= 0.6 is 0 Å². The summed E-state index contributed by atoms with van der Waals surface area (Å²) in [4.78, 5) is 23.7. The molecule has 31 heavy (non-hydrogen) atoms. The van der Waals surface area contributed by atoms with Crippen molar-refractivity contribution >= 4 is 5.91 Å². The molecule has 1 amide bonds. The Labute approximate surface area is 180 Å². The van der Waals surface area contributed by atoms with Crippen LogP contribution in [0.1, 0.15) is 35.0 Å². The van der Waals surface area contributed by atoms with Crippen molar-refractivity contribution < 1.29 is 23.8 Å². The number of carbonyl (C=O) groups excluding carboxylic acids is 1. The number of nitrogens with two attached hydrogens (primary N) is 1. The van der Waals surface area contributed by atoms with Gasteiger partial charge in [0.2, 0.25) is 17.1 Å². The summed E-state index contributed by atoms with van der Waals surface area (Å²) in [5.74, 6) is -0.597. The Balaban J connectivity index is 1.88. The molecule has 3 rings (SSSR count). The van der Waals surface area contributed by atoms with Crippen LogP contribution in [0.25, 0.3) is 0 Å². The zero-order valence-electron chi connectivity index (χ0n) is 17.5. The van der Waals surface area contributed by atoms with E-state index in [-0.39, 0.29) is 12.2 Å². The highest BCUT2D eigenvalue weighted by Gasteiger charge is 2.26. The highest BCUT2D eigenvalue weighted by atomic mass is 16.5. The summed E-state index contributed by atoms with van der Waals surface area (Å²) >= 11 is 0. The highest BCUT2D eigenvalue weighted by Crippen LogP contribution is 2.37. The Morgan fingerprint density at radius 2 is 1.87 bits per heavy atom. The van der Waals surface area contributed by atoms with E-state index in [9.17, 15) is 14.7 Å². The molecule has 0 fully saturated rings. The molecule has 1 unspecified atom stereocenters. The maximum atomic E-state index is 12.0. The summed E-state index contributed by atoms with van der Waals surface area (Å²) in [6, 6.07) is 16.3. The molecular weight excluding hydrogens is 398 g/mol. The number of aryl methyl sites for hydroxylation is 1. The van der Waals surface area contributed by atoms with Crippen molar-refractivity contribution in [1.82, 2.24) is 0 Å². The number of ether oxygens (including phenoxy) is 2. The predicted molar refractivity (Wildman–Crippen MR) is 116 cm³/mol. The van der Waals surface area contributed by atoms with Crippen LogP contribution in [0.2, 0.25) is 0 Å². The van der Waals surface area contributed by atoms with Gasteiger partial charge in [-0.3, -0.25) is 9.59 Å². The van der Waals surface area contributed by atoms with Crippen LogP contribution in [-0.2, 0) is 11.2 Å². The van der Waals surface area contributed by atoms with Crippen LogP contribution in [0.15, 0.2) is 63.8 Å². The van der Waals surface area contributed by atoms with Gasteiger partial charge >= 0.3 is 0 Å². The molecule has 2 aromatic carbocycles. The van der Waals surface area contributed by atoms with Gasteiger partial charge in [-0.25, -0.2) is 0 Å². The van der Waals surface area contributed by atoms with Gasteiger partial charge in [-0.15, -0.1) is 0 Å². The Hall–Kier alpha value is -3.74. The molecule has 7 nitrogen and oxygen atoms in total. The minimum Gasteiger partial charge on any atom is -0.502 e. The van der Waals surface area contributed by atoms with Crippen LogP contribution in [0.3, 0.4) is 0 Å². The number of aromatic hydroxyl groups is 1. The van der Waals surface area contributed by atoms with Crippen LogP contribution in [-0.4, -0.2) is 24.7 Å². The van der Waals surface area contributed by atoms with Gasteiger partial charge in [0.1, 0.15) is 5.76 Å². The third kappa shape index (κ3) is 5.45. The number of hydrogen-bond acceptors (Lipinski definition) is 6. The van der Waals surface area contributed by atoms with E-state index < -0.39 is 23.0 Å². The second-order valence-corrected chi connectivity index (χ2v) is 7.15. The number of amides is 1. The first-order chi connectivity index (χ1) is 14.9. The lowest BCUT2D eigenvalue weighted by Gasteiger charge is -2.19. The van der Waals surface area contributed by atoms with E-state index in [2.05, 4.69) is 0 Å². The van der Waals surface area contributed by atoms with Gasteiger partial charge < -0.3 is 24.7 Å². The quantitative estimate of drug-likeness (QED) is 0.546. The molecular formula is C24H25NO6. The van der Waals surface area contributed by atoms with Gasteiger partial charge in [-0.1, -0.05) is 36.4 Å². The lowest BCUT2D eigenvalue weighted by Crippen LogP contribution is -2.18. The number of benzene rings is 2. The summed E-state index contributed by atoms with van der Waals surface area (Å²) < 4.78 is 16.9. The average Bonchev–Trinajstić information content (AvgIpc) is 2.75. The van der Waals surface area contributed by atoms with Gasteiger partial charge in [0.25, 0.3) is 0 Å². The number of carbonyl (C=O) groups is 1. The highest BCUT2D eigenvalue weighted by molar-refractivity contribution is 5.75. The molecule has 0 saturated heterocycles. The maximum Gasteiger partial charge on any atom is 0.227 e. The van der Waals surface area contributed by atoms with E-state index in [4.69, 9.17) is 19.6 Å². The lowest BCUT2D eigenvalue weighted by atomic mass is 9.91. The van der Waals surface area contributed by atoms with Crippen molar-refractivity contribution in [2.24, 2.45) is 5.73 Å². The molecule has 0 aliphatic rings. The molecule has 3 N–H and O–H groups in total. The van der Waals surface area contributed by atoms with E-state index >= 15 is 0 Å². The molecule has 1 heterocycles. The second-order valence-electron chi connectivity index (χ2n) is 7.15. The summed E-state index contributed by atoms with van der Waals surface area (Å²) in [7, 11) is 1.51. The normalized spacial score (nSPS) is 11.7. The number of rotatable bonds is 9. The monoisotopic (exact) mass is 423 g/mol. The largest absolute Gasteiger partial charge is 0.502 e. The second kappa shape index (κ2) is 9.84. The minimum atomic E-state index is -0.752. The Bertz CT molecular complexity index is 1110. The van der Waals surface area contributed by atoms with Crippen molar-refractivity contribution in [1.29, 1.82) is 0 Å². The summed E-state index contributed by atoms with van der Waals surface area (Å²) in [6.07, 6.45) is 0.579. The van der Waals surface area contributed by atoms with Crippen LogP contribution in [0.5, 0.6) is 17.2 Å². The van der Waals surface area contributed by atoms with Crippen LogP contribution < -0.4 is 20.6 Å². The smallest absolute Gasteiger partial charge is 0.227 e. The summed E-state index contributed by atoms with van der Waals surface area (Å²) in [5.41, 5.74) is 6.59. The van der Waals surface area contributed by atoms with E-state index in [0.29, 0.717) is 29.4 Å². The topological polar surface area (TPSA) is 112 Å². The lowest BCUT2D eigenvalue weighted by molar-refractivity contribution is -0.118. The molecule has 0 saturated carbocycles. The first-order valence-electron chi connectivity index (χ1n) is 9.85. The fourth-order valence-electron chi connectivity index (χ4n) is 3.37. The van der Waals surface area contributed by atoms with Gasteiger partial charge in [0.05, 0.1) is 19.6 Å². The number of hydrogen-bond donors (Lipinski definition) is 2. The summed E-state index contributed by atoms with van der Waals surface area (Å²) in [6.45, 7) is 2.05. The van der Waals surface area contributed by atoms with Gasteiger partial charge in [0.15, 0.2) is 17.3 Å². The Morgan fingerprint density at radius 3 is 2.55 bits per heavy atom. The predicted octanol–water partition coefficient (Wildman–Crippen LogP) is 3.29. The fraction of sp³-hybridized carbons (Fsp3) is 0.250. The molecule has 1 aromatic heterocycles. The third-order valence-corrected chi connectivity index (χ3v) is 4.88. The molecule has 3 aromatic rings. The summed E-state index contributed by atoms with van der Waals surface area (Å²) in [5, 5.41) is 10.3. The SMILES string of the molecule is COc1cc(C(CC(N)=O)c2oc(C)cc(=O)c2O)ccc1OCCc1ccccc1. The van der Waals surface area contributed by atoms with Crippen LogP contribution in [0.4, 0.5) is 0 Å². The first-order valence-corrected chi connectivity index (χ1v) is 9.85. The average molecular weight is 423 g/mol. The van der Waals surface area contributed by atoms with Gasteiger partial charge in [0, 0.05) is 18.9 Å². The van der Waals surface area contributed by atoms with Gasteiger partial charge in [-0.05, 0) is 30.2 Å². The molecule has 162 valence electrons. The molecule has 1 atom stereocenters. The van der Waals surface area contributed by atoms with E-state index in [1.807, 2.05) is 30.3 Å². The molecule has 0 aliphatic heterocycles. The third-order valence-electron chi connectivity index (χ3n) is 4.88. The molecule has 0 aliphatic carbocycles. The van der Waals surface area contributed by atoms with Crippen molar-refractivity contribution in [3.05, 3.63) is 87.5 Å². The zero-order chi connectivity index (χ0) is 22.4. The fourth-order valence-corrected chi connectivity index (χ4v) is 3.37. The molecule has 0 radical (unpaired) electrons. The zero-order valence-corrected chi connectivity index (χ0v) is 17.5. The number of methoxy groups -OCH3 is 1. The van der Waals surface area contributed by atoms with Crippen molar-refractivity contribution in [2.45, 2.75) is 25.7 Å². The van der Waals surface area contributed by atoms with E-state index in [1.165, 1.54) is 13.2 Å². The molecule has 0 bridgehead atoms. The van der Waals surface area contributed by atoms with Crippen molar-refractivity contribution in [2.75, 3.05) is 13.7 Å². The Kier molecular flexibility index (Phi) is 6.97.